The van der Waals surface area contributed by atoms with Gasteiger partial charge in [0.25, 0.3) is 0 Å². The molecule has 0 radical (unpaired) electrons. The third-order valence-corrected chi connectivity index (χ3v) is 2.74. The molecule has 0 amide bonds. The fourth-order valence-corrected chi connectivity index (χ4v) is 1.66. The van der Waals surface area contributed by atoms with Crippen molar-refractivity contribution in [3.8, 4) is 0 Å². The highest BCUT2D eigenvalue weighted by molar-refractivity contribution is 5.87. The minimum absolute atomic E-state index is 0.620. The van der Waals surface area contributed by atoms with Gasteiger partial charge in [-0.25, -0.2) is 0 Å². The first-order chi connectivity index (χ1) is 8.18. The summed E-state index contributed by atoms with van der Waals surface area (Å²) in [6.07, 6.45) is 0. The van der Waals surface area contributed by atoms with E-state index < -0.39 is 0 Å². The van der Waals surface area contributed by atoms with Crippen molar-refractivity contribution >= 4 is 11.4 Å². The van der Waals surface area contributed by atoms with Crippen LogP contribution in [-0.2, 0) is 0 Å². The highest BCUT2D eigenvalue weighted by Crippen LogP contribution is 2.18. The molecule has 86 valence electrons. The summed E-state index contributed by atoms with van der Waals surface area (Å²) >= 11 is 0. The second kappa shape index (κ2) is 4.74. The molecular weight excluding hydrogens is 208 g/mol. The maximum absolute atomic E-state index is 6.08. The predicted molar refractivity (Wildman–Crippen MR) is 72.8 cm³/mol. The van der Waals surface area contributed by atoms with Crippen LogP contribution in [0, 0.1) is 6.92 Å². The molecule has 2 heteroatoms. The normalized spacial score (nSPS) is 12.1. The lowest BCUT2D eigenvalue weighted by Gasteiger charge is -2.08. The summed E-state index contributed by atoms with van der Waals surface area (Å²) in [7, 11) is 0. The Kier molecular flexibility index (Phi) is 3.15. The molecule has 0 bridgehead atoms. The van der Waals surface area contributed by atoms with Gasteiger partial charge in [0.2, 0.25) is 0 Å². The van der Waals surface area contributed by atoms with E-state index in [1.807, 2.05) is 61.5 Å². The number of nitrogens with two attached hydrogens (primary N) is 2. The van der Waals surface area contributed by atoms with Crippen molar-refractivity contribution < 1.29 is 0 Å². The smallest absolute Gasteiger partial charge is 0.0627 e. The van der Waals surface area contributed by atoms with E-state index in [9.17, 15) is 0 Å². The van der Waals surface area contributed by atoms with Crippen LogP contribution in [0.1, 0.15) is 16.7 Å². The lowest BCUT2D eigenvalue weighted by Crippen LogP contribution is -2.07. The first-order valence-electron chi connectivity index (χ1n) is 5.56. The van der Waals surface area contributed by atoms with Crippen LogP contribution in [0.3, 0.4) is 0 Å². The first-order valence-corrected chi connectivity index (χ1v) is 5.56. The molecule has 17 heavy (non-hydrogen) atoms. The average Bonchev–Trinajstić information content (AvgIpc) is 2.39. The third kappa shape index (κ3) is 2.48. The molecule has 2 aromatic carbocycles. The number of aryl methyl sites for hydroxylation is 1. The molecule has 0 atom stereocenters. The van der Waals surface area contributed by atoms with Gasteiger partial charge in [-0.05, 0) is 18.1 Å². The van der Waals surface area contributed by atoms with E-state index in [0.717, 1.165) is 11.1 Å². The SMILES string of the molecule is Cc1ccc(/C(N)=C(\N)c2ccccc2)cc1. The topological polar surface area (TPSA) is 52.0 Å². The van der Waals surface area contributed by atoms with Crippen molar-refractivity contribution in [2.45, 2.75) is 6.92 Å². The molecular formula is C15H16N2. The molecule has 0 aromatic heterocycles. The van der Waals surface area contributed by atoms with Crippen LogP contribution in [0.25, 0.3) is 11.4 Å². The molecule has 0 fully saturated rings. The zero-order chi connectivity index (χ0) is 12.3. The molecule has 0 aliphatic carbocycles. The van der Waals surface area contributed by atoms with Gasteiger partial charge in [-0.1, -0.05) is 60.2 Å². The number of hydrogen-bond acceptors (Lipinski definition) is 2. The van der Waals surface area contributed by atoms with E-state index >= 15 is 0 Å². The zero-order valence-corrected chi connectivity index (χ0v) is 9.85. The van der Waals surface area contributed by atoms with Gasteiger partial charge in [-0.3, -0.25) is 0 Å². The van der Waals surface area contributed by atoms with E-state index in [1.54, 1.807) is 0 Å². The minimum Gasteiger partial charge on any atom is -0.397 e. The number of rotatable bonds is 2. The summed E-state index contributed by atoms with van der Waals surface area (Å²) in [6.45, 7) is 2.05. The van der Waals surface area contributed by atoms with E-state index in [-0.39, 0.29) is 0 Å². The molecule has 2 aromatic rings. The molecule has 0 unspecified atom stereocenters. The lowest BCUT2D eigenvalue weighted by atomic mass is 10.0. The van der Waals surface area contributed by atoms with Gasteiger partial charge in [0.05, 0.1) is 11.4 Å². The van der Waals surface area contributed by atoms with Crippen LogP contribution in [0.5, 0.6) is 0 Å². The average molecular weight is 224 g/mol. The molecule has 4 N–H and O–H groups in total. The maximum atomic E-state index is 6.08. The zero-order valence-electron chi connectivity index (χ0n) is 9.85. The second-order valence-corrected chi connectivity index (χ2v) is 4.06. The van der Waals surface area contributed by atoms with Crippen LogP contribution in [0.2, 0.25) is 0 Å². The summed E-state index contributed by atoms with van der Waals surface area (Å²) < 4.78 is 0. The Morgan fingerprint density at radius 3 is 1.71 bits per heavy atom. The van der Waals surface area contributed by atoms with Gasteiger partial charge in [-0.15, -0.1) is 0 Å². The standard InChI is InChI=1S/C15H16N2/c1-11-7-9-13(10-8-11)15(17)14(16)12-5-3-2-4-6-12/h2-10H,16-17H2,1H3/b15-14+. The Hall–Kier alpha value is -2.22. The van der Waals surface area contributed by atoms with E-state index in [0.29, 0.717) is 11.4 Å². The Balaban J connectivity index is 2.41. The van der Waals surface area contributed by atoms with E-state index in [1.165, 1.54) is 5.56 Å². The largest absolute Gasteiger partial charge is 0.397 e. The number of hydrogen-bond donors (Lipinski definition) is 2. The lowest BCUT2D eigenvalue weighted by molar-refractivity contribution is 1.41. The fourth-order valence-electron chi connectivity index (χ4n) is 1.66. The fraction of sp³-hybridized carbons (Fsp3) is 0.0667. The van der Waals surface area contributed by atoms with Crippen molar-refractivity contribution in [2.75, 3.05) is 0 Å². The molecule has 0 saturated heterocycles. The van der Waals surface area contributed by atoms with Gasteiger partial charge < -0.3 is 11.5 Å². The van der Waals surface area contributed by atoms with Gasteiger partial charge in [0.15, 0.2) is 0 Å². The van der Waals surface area contributed by atoms with Crippen LogP contribution in [-0.4, -0.2) is 0 Å². The quantitative estimate of drug-likeness (QED) is 0.771. The summed E-state index contributed by atoms with van der Waals surface area (Å²) in [6, 6.07) is 17.8. The molecule has 2 rings (SSSR count). The summed E-state index contributed by atoms with van der Waals surface area (Å²) in [5, 5.41) is 0. The maximum Gasteiger partial charge on any atom is 0.0627 e. The molecule has 0 heterocycles. The van der Waals surface area contributed by atoms with Crippen molar-refractivity contribution in [1.82, 2.24) is 0 Å². The Bertz CT molecular complexity index is 525. The molecule has 2 nitrogen and oxygen atoms in total. The van der Waals surface area contributed by atoms with Gasteiger partial charge in [0.1, 0.15) is 0 Å². The highest BCUT2D eigenvalue weighted by atomic mass is 14.7. The first kappa shape index (κ1) is 11.3. The second-order valence-electron chi connectivity index (χ2n) is 4.06. The molecule has 0 saturated carbocycles. The summed E-state index contributed by atoms with van der Waals surface area (Å²) in [5.41, 5.74) is 16.5. The number of benzene rings is 2. The minimum atomic E-state index is 0.620. The predicted octanol–water partition coefficient (Wildman–Crippen LogP) is 2.74. The third-order valence-electron chi connectivity index (χ3n) is 2.74. The highest BCUT2D eigenvalue weighted by Gasteiger charge is 2.04. The monoisotopic (exact) mass is 224 g/mol. The van der Waals surface area contributed by atoms with Crippen molar-refractivity contribution in [1.29, 1.82) is 0 Å². The van der Waals surface area contributed by atoms with Crippen molar-refractivity contribution in [3.05, 3.63) is 71.3 Å². The van der Waals surface area contributed by atoms with Gasteiger partial charge in [-0.2, -0.15) is 0 Å². The Morgan fingerprint density at radius 1 is 0.706 bits per heavy atom. The van der Waals surface area contributed by atoms with Crippen LogP contribution in [0.4, 0.5) is 0 Å². The summed E-state index contributed by atoms with van der Waals surface area (Å²) in [4.78, 5) is 0. The van der Waals surface area contributed by atoms with Crippen molar-refractivity contribution in [2.24, 2.45) is 11.5 Å². The Labute approximate surface area is 102 Å². The Morgan fingerprint density at radius 2 is 1.18 bits per heavy atom. The van der Waals surface area contributed by atoms with Gasteiger partial charge >= 0.3 is 0 Å². The van der Waals surface area contributed by atoms with Crippen LogP contribution >= 0.6 is 0 Å². The van der Waals surface area contributed by atoms with Crippen LogP contribution in [0.15, 0.2) is 54.6 Å². The molecule has 0 aliphatic rings. The summed E-state index contributed by atoms with van der Waals surface area (Å²) in [5.74, 6) is 0. The van der Waals surface area contributed by atoms with E-state index in [4.69, 9.17) is 11.5 Å². The molecule has 0 aliphatic heterocycles. The van der Waals surface area contributed by atoms with Crippen molar-refractivity contribution in [3.63, 3.8) is 0 Å². The van der Waals surface area contributed by atoms with E-state index in [2.05, 4.69) is 0 Å². The van der Waals surface area contributed by atoms with Crippen LogP contribution < -0.4 is 11.5 Å². The molecule has 0 spiro atoms. The van der Waals surface area contributed by atoms with Gasteiger partial charge in [0, 0.05) is 0 Å².